The molecule has 8 heteroatoms. The molecule has 0 amide bonds. The van der Waals surface area contributed by atoms with Gasteiger partial charge in [0.05, 0.1) is 12.2 Å². The van der Waals surface area contributed by atoms with E-state index in [1.165, 1.54) is 42.5 Å². The number of hydrogen-bond donors (Lipinski definition) is 1. The van der Waals surface area contributed by atoms with Gasteiger partial charge >= 0.3 is 5.97 Å². The van der Waals surface area contributed by atoms with Crippen molar-refractivity contribution in [2.24, 2.45) is 0 Å². The topological polar surface area (TPSA) is 132 Å². The van der Waals surface area contributed by atoms with E-state index < -0.39 is 12.6 Å². The lowest BCUT2D eigenvalue weighted by molar-refractivity contribution is 0.0432. The highest BCUT2D eigenvalue weighted by molar-refractivity contribution is 6.12. The van der Waals surface area contributed by atoms with Crippen molar-refractivity contribution >= 4 is 37.4 Å². The second-order valence-electron chi connectivity index (χ2n) is 7.02. The van der Waals surface area contributed by atoms with Gasteiger partial charge in [-0.2, -0.15) is 0 Å². The minimum Gasteiger partial charge on any atom is -0.460 e. The van der Waals surface area contributed by atoms with E-state index in [1.807, 2.05) is 0 Å². The predicted octanol–water partition coefficient (Wildman–Crippen LogP) is 3.23. The molecule has 8 nitrogen and oxygen atoms in total. The second kappa shape index (κ2) is 10.8. The van der Waals surface area contributed by atoms with Crippen LogP contribution >= 0.6 is 0 Å². The van der Waals surface area contributed by atoms with Gasteiger partial charge in [-0.3, -0.25) is 24.0 Å². The van der Waals surface area contributed by atoms with Crippen molar-refractivity contribution in [1.82, 2.24) is 0 Å². The van der Waals surface area contributed by atoms with Crippen molar-refractivity contribution in [1.29, 1.82) is 0 Å². The second-order valence-corrected chi connectivity index (χ2v) is 7.02. The summed E-state index contributed by atoms with van der Waals surface area (Å²) < 4.78 is 5.07. The first kappa shape index (κ1) is 24.1. The van der Waals surface area contributed by atoms with Crippen LogP contribution in [0.1, 0.15) is 62.1 Å². The molecule has 0 fully saturated rings. The maximum absolute atomic E-state index is 13.0. The molecule has 3 rings (SSSR count). The molecule has 170 valence electrons. The monoisotopic (exact) mass is 458 g/mol. The molecule has 0 aliphatic rings. The molecular formula is C26H18O8. The number of aliphatic hydroxyl groups is 1. The molecule has 0 aliphatic carbocycles. The average molecular weight is 458 g/mol. The van der Waals surface area contributed by atoms with Crippen LogP contribution in [0.5, 0.6) is 0 Å². The van der Waals surface area contributed by atoms with Gasteiger partial charge in [0.1, 0.15) is 6.61 Å². The van der Waals surface area contributed by atoms with Gasteiger partial charge in [0.15, 0.2) is 31.4 Å². The Hall–Kier alpha value is -4.56. The van der Waals surface area contributed by atoms with Gasteiger partial charge in [0.2, 0.25) is 0 Å². The predicted molar refractivity (Wildman–Crippen MR) is 122 cm³/mol. The molecule has 1 N–H and O–H groups in total. The fourth-order valence-corrected chi connectivity index (χ4v) is 3.74. The Morgan fingerprint density at radius 3 is 1.76 bits per heavy atom. The van der Waals surface area contributed by atoms with Crippen molar-refractivity contribution in [3.63, 3.8) is 0 Å². The first-order valence-electron chi connectivity index (χ1n) is 10.0. The van der Waals surface area contributed by atoms with Crippen molar-refractivity contribution in [2.75, 3.05) is 13.2 Å². The van der Waals surface area contributed by atoms with Crippen LogP contribution in [-0.2, 0) is 4.74 Å². The Morgan fingerprint density at radius 2 is 1.24 bits per heavy atom. The third-order valence-corrected chi connectivity index (χ3v) is 5.22. The number of hydrogen-bond acceptors (Lipinski definition) is 8. The molecule has 0 radical (unpaired) electrons. The summed E-state index contributed by atoms with van der Waals surface area (Å²) in [6, 6.07) is 11.7. The summed E-state index contributed by atoms with van der Waals surface area (Å²) in [6.07, 6.45) is 2.34. The van der Waals surface area contributed by atoms with Crippen LogP contribution < -0.4 is 0 Å². The van der Waals surface area contributed by atoms with Gasteiger partial charge in [-0.05, 0) is 16.7 Å². The van der Waals surface area contributed by atoms with Gasteiger partial charge in [0.25, 0.3) is 0 Å². The zero-order valence-corrected chi connectivity index (χ0v) is 17.7. The molecular weight excluding hydrogens is 440 g/mol. The van der Waals surface area contributed by atoms with Crippen molar-refractivity contribution in [2.45, 2.75) is 0 Å². The van der Waals surface area contributed by atoms with Crippen molar-refractivity contribution < 1.29 is 38.6 Å². The average Bonchev–Trinajstić information content (AvgIpc) is 2.89. The number of rotatable bonds is 10. The van der Waals surface area contributed by atoms with E-state index >= 15 is 0 Å². The van der Waals surface area contributed by atoms with Crippen LogP contribution in [-0.4, -0.2) is 55.7 Å². The summed E-state index contributed by atoms with van der Waals surface area (Å²) in [5, 5.41) is 9.08. The van der Waals surface area contributed by atoms with Gasteiger partial charge < -0.3 is 9.84 Å². The molecule has 0 spiro atoms. The van der Waals surface area contributed by atoms with Gasteiger partial charge in [-0.1, -0.05) is 48.5 Å². The molecule has 34 heavy (non-hydrogen) atoms. The van der Waals surface area contributed by atoms with E-state index in [2.05, 4.69) is 0 Å². The minimum absolute atomic E-state index is 0.0338. The molecule has 0 aromatic heterocycles. The first-order valence-corrected chi connectivity index (χ1v) is 10.0. The van der Waals surface area contributed by atoms with Crippen LogP contribution in [0.3, 0.4) is 0 Å². The lowest BCUT2D eigenvalue weighted by Gasteiger charge is -2.19. The quantitative estimate of drug-likeness (QED) is 0.362. The van der Waals surface area contributed by atoms with Crippen LogP contribution in [0.25, 0.3) is 22.3 Å². The van der Waals surface area contributed by atoms with E-state index in [1.54, 1.807) is 6.07 Å². The van der Waals surface area contributed by atoms with Crippen LogP contribution in [0.2, 0.25) is 0 Å². The molecule has 0 atom stereocenters. The number of aldehydes is 5. The fourth-order valence-electron chi connectivity index (χ4n) is 3.74. The molecule has 0 heterocycles. The maximum atomic E-state index is 13.0. The fraction of sp³-hybridized carbons (Fsp3) is 0.0769. The van der Waals surface area contributed by atoms with E-state index in [0.717, 1.165) is 0 Å². The van der Waals surface area contributed by atoms with Gasteiger partial charge in [-0.25, -0.2) is 4.79 Å². The third-order valence-electron chi connectivity index (χ3n) is 5.22. The van der Waals surface area contributed by atoms with Crippen LogP contribution in [0, 0.1) is 0 Å². The highest BCUT2D eigenvalue weighted by Gasteiger charge is 2.26. The van der Waals surface area contributed by atoms with E-state index in [-0.39, 0.29) is 62.2 Å². The molecule has 0 saturated heterocycles. The van der Waals surface area contributed by atoms with E-state index in [9.17, 15) is 28.8 Å². The summed E-state index contributed by atoms with van der Waals surface area (Å²) >= 11 is 0. The number of aliphatic hydroxyl groups excluding tert-OH is 1. The van der Waals surface area contributed by atoms with Crippen molar-refractivity contribution in [3.8, 4) is 22.3 Å². The smallest absolute Gasteiger partial charge is 0.339 e. The number of ether oxygens (including phenoxy) is 1. The maximum Gasteiger partial charge on any atom is 0.339 e. The molecule has 0 aliphatic heterocycles. The Kier molecular flexibility index (Phi) is 7.68. The summed E-state index contributed by atoms with van der Waals surface area (Å²) in [7, 11) is 0. The molecule has 3 aromatic carbocycles. The van der Waals surface area contributed by atoms with Gasteiger partial charge in [-0.15, -0.1) is 0 Å². The summed E-state index contributed by atoms with van der Waals surface area (Å²) in [5.41, 5.74) is 0.544. The number of carbonyl (C=O) groups excluding carboxylic acids is 6. The third kappa shape index (κ3) is 4.35. The molecule has 3 aromatic rings. The highest BCUT2D eigenvalue weighted by Crippen LogP contribution is 2.40. The SMILES string of the molecule is O=Cc1cccc(-c2ccc(C=O)c(C(=O)OCCO)c2-c2cccc(C=O)c2C=O)c1C=O. The summed E-state index contributed by atoms with van der Waals surface area (Å²) in [6.45, 7) is -0.815. The molecule has 0 saturated carbocycles. The first-order chi connectivity index (χ1) is 16.6. The van der Waals surface area contributed by atoms with Crippen LogP contribution in [0.4, 0.5) is 0 Å². The normalized spacial score (nSPS) is 10.3. The van der Waals surface area contributed by atoms with Gasteiger partial charge in [0, 0.05) is 33.4 Å². The number of benzene rings is 3. The largest absolute Gasteiger partial charge is 0.460 e. The molecule has 0 unspecified atom stereocenters. The Morgan fingerprint density at radius 1 is 0.676 bits per heavy atom. The summed E-state index contributed by atoms with van der Waals surface area (Å²) in [4.78, 5) is 71.8. The lowest BCUT2D eigenvalue weighted by atomic mass is 9.83. The highest BCUT2D eigenvalue weighted by atomic mass is 16.5. The minimum atomic E-state index is -0.958. The van der Waals surface area contributed by atoms with E-state index in [4.69, 9.17) is 9.84 Å². The number of carbonyl (C=O) groups is 6. The Labute approximate surface area is 193 Å². The summed E-state index contributed by atoms with van der Waals surface area (Å²) in [5.74, 6) is -0.958. The van der Waals surface area contributed by atoms with E-state index in [0.29, 0.717) is 31.4 Å². The zero-order valence-electron chi connectivity index (χ0n) is 17.7. The Bertz CT molecular complexity index is 1310. The van der Waals surface area contributed by atoms with Crippen LogP contribution in [0.15, 0.2) is 48.5 Å². The zero-order chi connectivity index (χ0) is 24.7. The lowest BCUT2D eigenvalue weighted by Crippen LogP contribution is -2.14. The molecule has 0 bridgehead atoms. The number of esters is 1. The standard InChI is InChI=1S/C26H18O8/c27-9-10-34-26(33)24-18(13-30)7-8-21(19-5-1-3-16(11-28)22(19)14-31)25(24)20-6-2-4-17(12-29)23(20)15-32/h1-8,11-15,27H,9-10H2. The Balaban J connectivity index is 2.54. The van der Waals surface area contributed by atoms with Crippen molar-refractivity contribution in [3.05, 3.63) is 81.9 Å².